The topological polar surface area (TPSA) is 278 Å². The number of aryl methyl sites for hydroxylation is 2. The molecule has 9 heterocycles. The number of nitrogens with zero attached hydrogens (tertiary/aromatic N) is 7. The van der Waals surface area contributed by atoms with Gasteiger partial charge in [-0.2, -0.15) is 10.5 Å². The van der Waals surface area contributed by atoms with Gasteiger partial charge in [-0.3, -0.25) is 23.7 Å². The molecule has 1 aliphatic heterocycles. The summed E-state index contributed by atoms with van der Waals surface area (Å²) < 4.78 is 20.7. The number of carbonyl (C=O) groups excluding carboxylic acids is 3. The van der Waals surface area contributed by atoms with Crippen molar-refractivity contribution < 1.29 is 28.6 Å². The molecule has 3 unspecified atom stereocenters. The van der Waals surface area contributed by atoms with Crippen molar-refractivity contribution >= 4 is 123 Å². The van der Waals surface area contributed by atoms with Gasteiger partial charge in [0, 0.05) is 109 Å². The number of pyridine rings is 2. The highest BCUT2D eigenvalue weighted by molar-refractivity contribution is 6.32. The molecule has 0 radical (unpaired) electrons. The Morgan fingerprint density at radius 1 is 0.583 bits per heavy atom. The average Bonchev–Trinajstić information content (AvgIpc) is 1.67. The molecule has 15 rings (SSSR count). The van der Waals surface area contributed by atoms with Gasteiger partial charge in [0.1, 0.15) is 16.8 Å². The van der Waals surface area contributed by atoms with Crippen LogP contribution >= 0.6 is 11.6 Å². The van der Waals surface area contributed by atoms with Gasteiger partial charge in [-0.1, -0.05) is 116 Å². The van der Waals surface area contributed by atoms with Crippen LogP contribution in [0.25, 0.3) is 87.2 Å². The number of nitrogens with one attached hydrogen (secondary N) is 4. The van der Waals surface area contributed by atoms with Gasteiger partial charge < -0.3 is 45.9 Å². The number of aromatic nitrogens is 8. The molecule has 530 valence electrons. The number of nitrogen functional groups attached to an aromatic ring is 1. The summed E-state index contributed by atoms with van der Waals surface area (Å²) >= 11 is 6.02. The molecule has 0 bridgehead atoms. The van der Waals surface area contributed by atoms with Crippen LogP contribution in [0, 0.1) is 36.5 Å². The van der Waals surface area contributed by atoms with Crippen LogP contribution in [0.3, 0.4) is 0 Å². The fourth-order valence-corrected chi connectivity index (χ4v) is 13.0. The summed E-state index contributed by atoms with van der Waals surface area (Å²) in [6.45, 7) is 29.4. The highest BCUT2D eigenvalue weighted by atomic mass is 35.5. The first-order chi connectivity index (χ1) is 49.0. The highest BCUT2D eigenvalue weighted by Crippen LogP contribution is 2.36. The molecule has 0 saturated heterocycles. The van der Waals surface area contributed by atoms with Gasteiger partial charge in [0.05, 0.1) is 75.7 Å². The van der Waals surface area contributed by atoms with E-state index < -0.39 is 29.0 Å². The number of para-hydroxylation sites is 5. The number of hydrogen-bond acceptors (Lipinski definition) is 13. The van der Waals surface area contributed by atoms with Crippen molar-refractivity contribution in [3.63, 3.8) is 0 Å². The van der Waals surface area contributed by atoms with Crippen molar-refractivity contribution in [1.82, 2.24) is 43.9 Å². The van der Waals surface area contributed by atoms with Crippen molar-refractivity contribution in [2.24, 2.45) is 5.73 Å². The number of rotatable bonds is 4. The van der Waals surface area contributed by atoms with E-state index in [1.165, 1.54) is 53.1 Å². The lowest BCUT2D eigenvalue weighted by atomic mass is 9.95. The number of nitriles is 2. The van der Waals surface area contributed by atoms with Crippen LogP contribution in [0.1, 0.15) is 140 Å². The minimum Gasteiger partial charge on any atom is -0.443 e. The van der Waals surface area contributed by atoms with E-state index in [1.807, 2.05) is 186 Å². The van der Waals surface area contributed by atoms with Crippen LogP contribution in [0.2, 0.25) is 5.02 Å². The average molecular weight is 1400 g/mol. The lowest BCUT2D eigenvalue weighted by Gasteiger charge is -2.20. The van der Waals surface area contributed by atoms with E-state index in [9.17, 15) is 14.4 Å². The number of ether oxygens (including phenoxy) is 3. The van der Waals surface area contributed by atoms with Gasteiger partial charge in [-0.05, 0) is 177 Å². The van der Waals surface area contributed by atoms with E-state index in [4.69, 9.17) is 47.8 Å². The third kappa shape index (κ3) is 17.2. The molecule has 8 aromatic heterocycles. The Morgan fingerprint density at radius 2 is 1.03 bits per heavy atom. The zero-order chi connectivity index (χ0) is 74.2. The maximum atomic E-state index is 12.3. The van der Waals surface area contributed by atoms with E-state index in [0.29, 0.717) is 23.2 Å². The lowest BCUT2D eigenvalue weighted by Crippen LogP contribution is -2.26. The second-order valence-electron chi connectivity index (χ2n) is 28.8. The molecule has 103 heavy (non-hydrogen) atoms. The van der Waals surface area contributed by atoms with Gasteiger partial charge in [0.15, 0.2) is 0 Å². The first-order valence-electron chi connectivity index (χ1n) is 34.4. The number of benzene rings is 6. The fraction of sp³-hybridized carbons (Fsp3) is 0.289. The van der Waals surface area contributed by atoms with E-state index in [0.717, 1.165) is 95.4 Å². The molecule has 6 aromatic carbocycles. The second kappa shape index (κ2) is 31.3. The Morgan fingerprint density at radius 3 is 1.55 bits per heavy atom. The number of hydrogen-bond donors (Lipinski definition) is 6. The molecule has 1 aliphatic rings. The van der Waals surface area contributed by atoms with E-state index in [2.05, 4.69) is 106 Å². The van der Waals surface area contributed by atoms with Crippen LogP contribution in [0.4, 0.5) is 20.1 Å². The van der Waals surface area contributed by atoms with Crippen LogP contribution < -0.4 is 16.8 Å². The molecule has 3 atom stereocenters. The largest absolute Gasteiger partial charge is 0.443 e. The number of fused-ring (bicyclic) bond motifs is 12. The van der Waals surface area contributed by atoms with Crippen LogP contribution in [-0.2, 0) is 27.2 Å². The zero-order valence-electron chi connectivity index (χ0n) is 60.9. The SMILES string of the molecule is CC(C#N)c1cn(C(=O)OC(C)(C)C)c2ccccc12.CC(C)(C)OC(=O)n1cc(CC#N)c2ccccc21.CC(CN)c1cn(C(=O)OC(C)(C)C)c2ccccc12.CC1CNCc2[nH]c3ccccc3c21.Cc1cncc2[nH]c3c(N)cc(Cl)cc3c12.Cc1cncc2[nH]c3ccccc3c12. The maximum absolute atomic E-state index is 12.3. The van der Waals surface area contributed by atoms with Crippen molar-refractivity contribution in [2.75, 3.05) is 18.8 Å². The minimum absolute atomic E-state index is 0.198. The molecule has 8 N–H and O–H groups in total. The van der Waals surface area contributed by atoms with E-state index in [1.54, 1.807) is 29.2 Å². The Balaban J connectivity index is 0.000000133. The summed E-state index contributed by atoms with van der Waals surface area (Å²) in [5.41, 5.74) is 26.6. The zero-order valence-corrected chi connectivity index (χ0v) is 61.7. The van der Waals surface area contributed by atoms with E-state index in [-0.39, 0.29) is 24.3 Å². The molecular weight excluding hydrogens is 1310 g/mol. The highest BCUT2D eigenvalue weighted by Gasteiger charge is 2.26. The summed E-state index contributed by atoms with van der Waals surface area (Å²) in [6, 6.07) is 47.8. The first-order valence-corrected chi connectivity index (χ1v) is 34.7. The fourth-order valence-electron chi connectivity index (χ4n) is 12.7. The Hall–Kier alpha value is -11.2. The minimum atomic E-state index is -0.552. The summed E-state index contributed by atoms with van der Waals surface area (Å²) in [5.74, 6) is 0.544. The third-order valence-corrected chi connectivity index (χ3v) is 17.6. The van der Waals surface area contributed by atoms with Crippen molar-refractivity contribution in [1.29, 1.82) is 10.5 Å². The Labute approximate surface area is 604 Å². The van der Waals surface area contributed by atoms with Crippen molar-refractivity contribution in [2.45, 2.75) is 144 Å². The molecular formula is C83H90ClN13O6. The number of nitrogens with two attached hydrogens (primary N) is 2. The molecule has 14 aromatic rings. The number of anilines is 1. The van der Waals surface area contributed by atoms with Crippen LogP contribution in [0.5, 0.6) is 0 Å². The van der Waals surface area contributed by atoms with Gasteiger partial charge in [-0.15, -0.1) is 0 Å². The van der Waals surface area contributed by atoms with Crippen molar-refractivity contribution in [3.8, 4) is 12.1 Å². The molecule has 0 amide bonds. The molecule has 20 heteroatoms. The summed E-state index contributed by atoms with van der Waals surface area (Å²) in [6.07, 6.45) is 11.7. The summed E-state index contributed by atoms with van der Waals surface area (Å²) in [7, 11) is 0. The molecule has 0 saturated carbocycles. The summed E-state index contributed by atoms with van der Waals surface area (Å²) in [4.78, 5) is 55.2. The van der Waals surface area contributed by atoms with Gasteiger partial charge in [-0.25, -0.2) is 14.4 Å². The maximum Gasteiger partial charge on any atom is 0.419 e. The predicted molar refractivity (Wildman–Crippen MR) is 416 cm³/mol. The molecule has 19 nitrogen and oxygen atoms in total. The standard InChI is InChI=1S/C16H22N2O2.C16H18N2O2.C15H16N2O2.C12H10ClN3.C12H14N2.C12H10N2/c2*1-11(9-17)13-10-18(15(19)20-16(2,3)4)14-8-6-5-7-12(13)14;1-15(2,3)19-14(18)17-10-11(8-9-16)12-6-4-5-7-13(12)17;1-6-4-15-5-10-11(6)8-2-7(13)3-9(14)12(8)16-10;2*1-8-6-13-7-11-12(8)9-4-2-3-5-10(9)14-11/h5-8,10-11H,9,17H2,1-4H3;5-8,10-11H,1-4H3;4-7,10H,8H2,1-3H3;2-5,16H,14H2,1H3;2-5,8,13-14H,6-7H2,1H3;2-7,14H,1H3. The number of carbonyl (C=O) groups is 3. The first kappa shape index (κ1) is 74.5. The second-order valence-corrected chi connectivity index (χ2v) is 29.3. The number of H-pyrrole nitrogens is 3. The quantitative estimate of drug-likeness (QED) is 0.0707. The van der Waals surface area contributed by atoms with Crippen LogP contribution in [0.15, 0.2) is 177 Å². The number of halogens is 1. The lowest BCUT2D eigenvalue weighted by molar-refractivity contribution is 0.0533. The van der Waals surface area contributed by atoms with E-state index >= 15 is 0 Å². The third-order valence-electron chi connectivity index (χ3n) is 17.3. The van der Waals surface area contributed by atoms with Crippen LogP contribution in [-0.4, -0.2) is 86.8 Å². The molecule has 0 spiro atoms. The smallest absolute Gasteiger partial charge is 0.419 e. The Kier molecular flexibility index (Phi) is 22.7. The molecule has 0 fully saturated rings. The monoisotopic (exact) mass is 1400 g/mol. The van der Waals surface area contributed by atoms with Gasteiger partial charge in [0.2, 0.25) is 0 Å². The molecule has 0 aliphatic carbocycles. The van der Waals surface area contributed by atoms with Gasteiger partial charge in [0.25, 0.3) is 0 Å². The Bertz CT molecular complexity index is 5500. The summed E-state index contributed by atoms with van der Waals surface area (Å²) in [5, 5.41) is 31.1. The predicted octanol–water partition coefficient (Wildman–Crippen LogP) is 19.7. The normalized spacial score (nSPS) is 13.4. The van der Waals surface area contributed by atoms with Gasteiger partial charge >= 0.3 is 18.3 Å². The number of aromatic amines is 3. The van der Waals surface area contributed by atoms with Crippen molar-refractivity contribution in [3.05, 3.63) is 221 Å².